The van der Waals surface area contributed by atoms with Crippen LogP contribution in [0, 0.1) is 0 Å². The number of hydrogen-bond acceptors (Lipinski definition) is 5. The normalized spacial score (nSPS) is 19.8. The Labute approximate surface area is 141 Å². The number of amides is 1. The number of nitrogens with zero attached hydrogens (tertiary/aromatic N) is 4. The average molecular weight is 329 g/mol. The van der Waals surface area contributed by atoms with Crippen LogP contribution in [0.5, 0.6) is 0 Å². The molecule has 7 heteroatoms. The summed E-state index contributed by atoms with van der Waals surface area (Å²) in [7, 11) is 1.89. The summed E-state index contributed by atoms with van der Waals surface area (Å²) in [5, 5.41) is 11.0. The number of carbonyl (C=O) groups excluding carboxylic acids is 1. The Bertz CT molecular complexity index is 673. The van der Waals surface area contributed by atoms with Crippen LogP contribution < -0.4 is 5.32 Å². The summed E-state index contributed by atoms with van der Waals surface area (Å²) in [6.07, 6.45) is 1.51. The second-order valence-corrected chi connectivity index (χ2v) is 6.09. The van der Waals surface area contributed by atoms with Crippen LogP contribution in [0.1, 0.15) is 30.5 Å². The number of aryl methyl sites for hydroxylation is 1. The minimum absolute atomic E-state index is 0.00530. The molecule has 2 heterocycles. The fourth-order valence-corrected chi connectivity index (χ4v) is 2.90. The van der Waals surface area contributed by atoms with Crippen LogP contribution in [0.15, 0.2) is 36.7 Å². The first-order chi connectivity index (χ1) is 11.6. The third-order valence-corrected chi connectivity index (χ3v) is 4.23. The molecule has 2 unspecified atom stereocenters. The number of nitrogens with one attached hydrogen (secondary N) is 1. The molecule has 1 fully saturated rings. The van der Waals surface area contributed by atoms with Crippen LogP contribution in [0.2, 0.25) is 0 Å². The van der Waals surface area contributed by atoms with Crippen LogP contribution in [0.3, 0.4) is 0 Å². The molecule has 0 saturated carbocycles. The van der Waals surface area contributed by atoms with Gasteiger partial charge in [-0.05, 0) is 12.5 Å². The summed E-state index contributed by atoms with van der Waals surface area (Å²) in [6.45, 7) is 4.31. The van der Waals surface area contributed by atoms with Gasteiger partial charge < -0.3 is 14.6 Å². The molecule has 1 amide bonds. The van der Waals surface area contributed by atoms with E-state index < -0.39 is 0 Å². The molecular formula is C17H23N5O2. The summed E-state index contributed by atoms with van der Waals surface area (Å²) >= 11 is 0. The molecule has 1 aliphatic heterocycles. The molecule has 1 aliphatic rings. The molecule has 0 bridgehead atoms. The van der Waals surface area contributed by atoms with Crippen molar-refractivity contribution in [3.05, 3.63) is 48.0 Å². The first-order valence-electron chi connectivity index (χ1n) is 8.15. The topological polar surface area (TPSA) is 72.3 Å². The van der Waals surface area contributed by atoms with E-state index >= 15 is 0 Å². The lowest BCUT2D eigenvalue weighted by Gasteiger charge is -2.32. The van der Waals surface area contributed by atoms with Gasteiger partial charge in [0, 0.05) is 20.1 Å². The van der Waals surface area contributed by atoms with Gasteiger partial charge >= 0.3 is 0 Å². The van der Waals surface area contributed by atoms with E-state index in [1.54, 1.807) is 6.33 Å². The number of rotatable bonds is 5. The van der Waals surface area contributed by atoms with Crippen molar-refractivity contribution in [2.75, 3.05) is 26.2 Å². The van der Waals surface area contributed by atoms with Gasteiger partial charge in [0.05, 0.1) is 19.2 Å². The van der Waals surface area contributed by atoms with Gasteiger partial charge in [-0.2, -0.15) is 0 Å². The van der Waals surface area contributed by atoms with Crippen molar-refractivity contribution in [2.24, 2.45) is 7.05 Å². The quantitative estimate of drug-likeness (QED) is 0.888. The molecule has 1 saturated heterocycles. The maximum Gasteiger partial charge on any atom is 0.234 e. The van der Waals surface area contributed by atoms with Gasteiger partial charge in [-0.25, -0.2) is 0 Å². The van der Waals surface area contributed by atoms with Crippen LogP contribution in [-0.4, -0.2) is 51.8 Å². The fourth-order valence-electron chi connectivity index (χ4n) is 2.90. The third-order valence-electron chi connectivity index (χ3n) is 4.23. The van der Waals surface area contributed by atoms with E-state index in [1.807, 2.05) is 48.9 Å². The molecule has 3 rings (SSSR count). The average Bonchev–Trinajstić information content (AvgIpc) is 3.02. The Balaban J connectivity index is 1.53. The molecule has 7 nitrogen and oxygen atoms in total. The van der Waals surface area contributed by atoms with Gasteiger partial charge in [0.15, 0.2) is 5.82 Å². The highest BCUT2D eigenvalue weighted by Gasteiger charge is 2.26. The van der Waals surface area contributed by atoms with Crippen molar-refractivity contribution in [2.45, 2.75) is 19.1 Å². The number of aromatic nitrogens is 3. The van der Waals surface area contributed by atoms with Gasteiger partial charge in [0.2, 0.25) is 5.91 Å². The van der Waals surface area contributed by atoms with Gasteiger partial charge in [-0.15, -0.1) is 10.2 Å². The zero-order chi connectivity index (χ0) is 16.9. The molecule has 1 N–H and O–H groups in total. The van der Waals surface area contributed by atoms with E-state index in [1.165, 1.54) is 0 Å². The number of benzene rings is 1. The molecule has 2 aromatic rings. The second-order valence-electron chi connectivity index (χ2n) is 6.09. The second kappa shape index (κ2) is 7.55. The van der Waals surface area contributed by atoms with E-state index in [2.05, 4.69) is 20.4 Å². The van der Waals surface area contributed by atoms with E-state index in [9.17, 15) is 4.79 Å². The van der Waals surface area contributed by atoms with Crippen LogP contribution >= 0.6 is 0 Å². The summed E-state index contributed by atoms with van der Waals surface area (Å²) in [6, 6.07) is 9.96. The van der Waals surface area contributed by atoms with Crippen molar-refractivity contribution in [3.63, 3.8) is 0 Å². The molecule has 2 atom stereocenters. The molecule has 1 aromatic heterocycles. The predicted molar refractivity (Wildman–Crippen MR) is 89.1 cm³/mol. The lowest BCUT2D eigenvalue weighted by molar-refractivity contribution is -0.125. The Kier molecular flexibility index (Phi) is 5.22. The summed E-state index contributed by atoms with van der Waals surface area (Å²) in [5.74, 6) is 0.808. The maximum atomic E-state index is 12.3. The molecule has 0 spiro atoms. The molecule has 1 aromatic carbocycles. The van der Waals surface area contributed by atoms with Gasteiger partial charge in [-0.3, -0.25) is 9.69 Å². The molecule has 24 heavy (non-hydrogen) atoms. The molecule has 0 radical (unpaired) electrons. The van der Waals surface area contributed by atoms with E-state index in [-0.39, 0.29) is 18.1 Å². The first-order valence-corrected chi connectivity index (χ1v) is 8.15. The SMILES string of the molecule is CC(NC(=O)CN1CCOC(c2nncn2C)C1)c1ccccc1. The van der Waals surface area contributed by atoms with Gasteiger partial charge in [-0.1, -0.05) is 30.3 Å². The monoisotopic (exact) mass is 329 g/mol. The highest BCUT2D eigenvalue weighted by Crippen LogP contribution is 2.19. The molecule has 0 aliphatic carbocycles. The zero-order valence-electron chi connectivity index (χ0n) is 14.1. The van der Waals surface area contributed by atoms with Crippen molar-refractivity contribution >= 4 is 5.91 Å². The Morgan fingerprint density at radius 3 is 2.92 bits per heavy atom. The van der Waals surface area contributed by atoms with Crippen LogP contribution in [0.25, 0.3) is 0 Å². The highest BCUT2D eigenvalue weighted by molar-refractivity contribution is 5.78. The Hall–Kier alpha value is -2.25. The van der Waals surface area contributed by atoms with Crippen molar-refractivity contribution in [3.8, 4) is 0 Å². The first kappa shape index (κ1) is 16.6. The lowest BCUT2D eigenvalue weighted by atomic mass is 10.1. The minimum atomic E-state index is -0.148. The summed E-state index contributed by atoms with van der Waals surface area (Å²) in [5.41, 5.74) is 1.10. The number of hydrogen-bond donors (Lipinski definition) is 1. The van der Waals surface area contributed by atoms with Crippen LogP contribution in [-0.2, 0) is 16.6 Å². The maximum absolute atomic E-state index is 12.3. The molecule has 128 valence electrons. The number of ether oxygens (including phenoxy) is 1. The number of morpholine rings is 1. The van der Waals surface area contributed by atoms with Gasteiger partial charge in [0.1, 0.15) is 12.4 Å². The van der Waals surface area contributed by atoms with Crippen molar-refractivity contribution < 1.29 is 9.53 Å². The third kappa shape index (κ3) is 3.98. The van der Waals surface area contributed by atoms with Gasteiger partial charge in [0.25, 0.3) is 0 Å². The fraction of sp³-hybridized carbons (Fsp3) is 0.471. The van der Waals surface area contributed by atoms with Crippen molar-refractivity contribution in [1.82, 2.24) is 25.0 Å². The molecular weight excluding hydrogens is 306 g/mol. The van der Waals surface area contributed by atoms with Crippen LogP contribution in [0.4, 0.5) is 0 Å². The van der Waals surface area contributed by atoms with E-state index in [4.69, 9.17) is 4.74 Å². The largest absolute Gasteiger partial charge is 0.368 e. The predicted octanol–water partition coefficient (Wildman–Crippen LogP) is 1.07. The zero-order valence-corrected chi connectivity index (χ0v) is 14.1. The highest BCUT2D eigenvalue weighted by atomic mass is 16.5. The standard InChI is InChI=1S/C17H23N5O2/c1-13(14-6-4-3-5-7-14)19-16(23)11-22-8-9-24-15(10-22)17-20-18-12-21(17)2/h3-7,12-13,15H,8-11H2,1-2H3,(H,19,23). The smallest absolute Gasteiger partial charge is 0.234 e. The Morgan fingerprint density at radius 2 is 2.21 bits per heavy atom. The summed E-state index contributed by atoms with van der Waals surface area (Å²) < 4.78 is 7.62. The lowest BCUT2D eigenvalue weighted by Crippen LogP contribution is -2.45. The van der Waals surface area contributed by atoms with E-state index in [0.29, 0.717) is 19.7 Å². The van der Waals surface area contributed by atoms with Crippen molar-refractivity contribution in [1.29, 1.82) is 0 Å². The minimum Gasteiger partial charge on any atom is -0.368 e. The summed E-state index contributed by atoms with van der Waals surface area (Å²) in [4.78, 5) is 14.4. The van der Waals surface area contributed by atoms with E-state index in [0.717, 1.165) is 17.9 Å². The Morgan fingerprint density at radius 1 is 1.42 bits per heavy atom. The number of carbonyl (C=O) groups is 1.